The van der Waals surface area contributed by atoms with Crippen LogP contribution in [0.1, 0.15) is 24.1 Å². The molecule has 0 aliphatic carbocycles. The number of fused-ring (bicyclic) bond motifs is 3. The lowest BCUT2D eigenvalue weighted by Crippen LogP contribution is -2.14. The average molecular weight is 394 g/mol. The maximum atomic E-state index is 12.5. The van der Waals surface area contributed by atoms with Gasteiger partial charge in [-0.3, -0.25) is 4.79 Å². The van der Waals surface area contributed by atoms with Crippen LogP contribution in [-0.4, -0.2) is 30.7 Å². The van der Waals surface area contributed by atoms with Crippen molar-refractivity contribution in [2.45, 2.75) is 19.8 Å². The molecular weight excluding hydrogens is 370 g/mol. The van der Waals surface area contributed by atoms with E-state index in [1.807, 2.05) is 25.4 Å². The zero-order chi connectivity index (χ0) is 19.8. The summed E-state index contributed by atoms with van der Waals surface area (Å²) < 4.78 is 6.37. The number of hydrogen-bond donors (Lipinski definition) is 2. The summed E-state index contributed by atoms with van der Waals surface area (Å²) in [5.41, 5.74) is 4.65. The predicted molar refractivity (Wildman–Crippen MR) is 117 cm³/mol. The Bertz CT molecular complexity index is 1210. The van der Waals surface area contributed by atoms with E-state index in [0.717, 1.165) is 44.4 Å². The van der Waals surface area contributed by atoms with Crippen LogP contribution in [0.25, 0.3) is 32.1 Å². The molecule has 3 aromatic heterocycles. The Balaban J connectivity index is 2.02. The molecule has 1 unspecified atom stereocenters. The van der Waals surface area contributed by atoms with E-state index in [2.05, 4.69) is 46.5 Å². The predicted octanol–water partition coefficient (Wildman–Crippen LogP) is 4.44. The van der Waals surface area contributed by atoms with Crippen LogP contribution in [0.15, 0.2) is 40.5 Å². The fourth-order valence-electron chi connectivity index (χ4n) is 3.77. The quantitative estimate of drug-likeness (QED) is 0.526. The molecular formula is C22H23N3O2S. The van der Waals surface area contributed by atoms with E-state index in [4.69, 9.17) is 4.74 Å². The first-order chi connectivity index (χ1) is 13.5. The molecule has 0 bridgehead atoms. The van der Waals surface area contributed by atoms with Crippen molar-refractivity contribution in [2.24, 2.45) is 0 Å². The van der Waals surface area contributed by atoms with Crippen LogP contribution in [0.3, 0.4) is 0 Å². The molecule has 4 aromatic rings. The number of H-pyrrole nitrogens is 1. The van der Waals surface area contributed by atoms with E-state index in [-0.39, 0.29) is 5.56 Å². The molecule has 0 saturated heterocycles. The highest BCUT2D eigenvalue weighted by Crippen LogP contribution is 2.40. The van der Waals surface area contributed by atoms with Crippen molar-refractivity contribution in [2.75, 3.05) is 20.7 Å². The highest BCUT2D eigenvalue weighted by molar-refractivity contribution is 7.17. The first-order valence-corrected chi connectivity index (χ1v) is 10.2. The van der Waals surface area contributed by atoms with Crippen molar-refractivity contribution in [1.29, 1.82) is 0 Å². The van der Waals surface area contributed by atoms with E-state index in [1.165, 1.54) is 16.9 Å². The topological polar surface area (TPSA) is 67.0 Å². The van der Waals surface area contributed by atoms with E-state index < -0.39 is 0 Å². The number of likely N-dealkylation sites (N-methyl/N-ethyl adjacent to an activating group) is 1. The Morgan fingerprint density at radius 1 is 1.25 bits per heavy atom. The van der Waals surface area contributed by atoms with Crippen molar-refractivity contribution in [1.82, 2.24) is 15.3 Å². The van der Waals surface area contributed by atoms with Gasteiger partial charge < -0.3 is 15.0 Å². The van der Waals surface area contributed by atoms with Gasteiger partial charge in [0.15, 0.2) is 0 Å². The summed E-state index contributed by atoms with van der Waals surface area (Å²) in [5, 5.41) is 7.10. The molecule has 1 aromatic carbocycles. The lowest BCUT2D eigenvalue weighted by molar-refractivity contribution is 0.399. The Kier molecular flexibility index (Phi) is 4.91. The number of hydrogen-bond acceptors (Lipinski definition) is 5. The number of nitrogens with one attached hydrogen (secondary N) is 2. The molecule has 5 nitrogen and oxygen atoms in total. The van der Waals surface area contributed by atoms with Gasteiger partial charge in [0, 0.05) is 17.3 Å². The van der Waals surface area contributed by atoms with Gasteiger partial charge in [0.2, 0.25) is 5.88 Å². The Labute approximate surface area is 167 Å². The zero-order valence-corrected chi connectivity index (χ0v) is 17.2. The summed E-state index contributed by atoms with van der Waals surface area (Å²) in [7, 11) is 3.60. The van der Waals surface area contributed by atoms with Crippen LogP contribution in [0.5, 0.6) is 5.88 Å². The lowest BCUT2D eigenvalue weighted by atomic mass is 9.95. The smallest absolute Gasteiger partial charge is 0.266 e. The van der Waals surface area contributed by atoms with E-state index >= 15 is 0 Å². The molecule has 0 aliphatic heterocycles. The third-order valence-electron chi connectivity index (χ3n) is 5.20. The van der Waals surface area contributed by atoms with Crippen molar-refractivity contribution < 1.29 is 4.74 Å². The molecule has 0 aliphatic rings. The summed E-state index contributed by atoms with van der Waals surface area (Å²) in [6, 6.07) is 10.5. The van der Waals surface area contributed by atoms with Crippen molar-refractivity contribution in [3.8, 4) is 17.0 Å². The fourth-order valence-corrected chi connectivity index (χ4v) is 4.56. The largest absolute Gasteiger partial charge is 0.481 e. The molecule has 28 heavy (non-hydrogen) atoms. The standard InChI is InChI=1S/C22H23N3O2S/c1-12(11-23-3)14-5-7-15(8-6-14)17-18-16-9-10-28-20(16)21(26)25-19(18)13(2)24-22(17)27-4/h5-10,12,23H,11H2,1-4H3,(H,25,26). The summed E-state index contributed by atoms with van der Waals surface area (Å²) in [4.78, 5) is 20.1. The third kappa shape index (κ3) is 2.99. The van der Waals surface area contributed by atoms with Crippen LogP contribution in [0.4, 0.5) is 0 Å². The van der Waals surface area contributed by atoms with Crippen LogP contribution < -0.4 is 15.6 Å². The number of benzene rings is 1. The molecule has 0 fully saturated rings. The SMILES string of the molecule is CNCC(C)c1ccc(-c2c(OC)nc(C)c3[nH]c(=O)c4sccc4c23)cc1. The monoisotopic (exact) mass is 393 g/mol. The van der Waals surface area contributed by atoms with Crippen LogP contribution in [0.2, 0.25) is 0 Å². The van der Waals surface area contributed by atoms with Gasteiger partial charge in [-0.05, 0) is 42.5 Å². The molecule has 3 heterocycles. The average Bonchev–Trinajstić information content (AvgIpc) is 3.19. The van der Waals surface area contributed by atoms with Gasteiger partial charge in [0.25, 0.3) is 5.56 Å². The second-order valence-electron chi connectivity index (χ2n) is 7.03. The number of aromatic nitrogens is 2. The fraction of sp³-hybridized carbons (Fsp3) is 0.273. The number of aromatic amines is 1. The van der Waals surface area contributed by atoms with E-state index in [0.29, 0.717) is 11.8 Å². The van der Waals surface area contributed by atoms with E-state index in [1.54, 1.807) is 7.11 Å². The maximum absolute atomic E-state index is 12.5. The first-order valence-electron chi connectivity index (χ1n) is 9.27. The second-order valence-corrected chi connectivity index (χ2v) is 7.95. The lowest BCUT2D eigenvalue weighted by Gasteiger charge is -2.16. The third-order valence-corrected chi connectivity index (χ3v) is 6.11. The highest BCUT2D eigenvalue weighted by Gasteiger charge is 2.19. The molecule has 2 N–H and O–H groups in total. The summed E-state index contributed by atoms with van der Waals surface area (Å²) in [6.07, 6.45) is 0. The van der Waals surface area contributed by atoms with Gasteiger partial charge in [-0.25, -0.2) is 4.98 Å². The van der Waals surface area contributed by atoms with Crippen LogP contribution >= 0.6 is 11.3 Å². The van der Waals surface area contributed by atoms with Gasteiger partial charge in [0.05, 0.1) is 23.9 Å². The molecule has 6 heteroatoms. The molecule has 1 atom stereocenters. The molecule has 144 valence electrons. The van der Waals surface area contributed by atoms with Crippen molar-refractivity contribution in [3.63, 3.8) is 0 Å². The van der Waals surface area contributed by atoms with E-state index in [9.17, 15) is 4.79 Å². The van der Waals surface area contributed by atoms with Gasteiger partial charge >= 0.3 is 0 Å². The van der Waals surface area contributed by atoms with Crippen molar-refractivity contribution in [3.05, 3.63) is 57.3 Å². The Morgan fingerprint density at radius 2 is 2.00 bits per heavy atom. The van der Waals surface area contributed by atoms with Crippen LogP contribution in [-0.2, 0) is 0 Å². The van der Waals surface area contributed by atoms with Gasteiger partial charge in [-0.15, -0.1) is 11.3 Å². The molecule has 0 saturated carbocycles. The number of pyridine rings is 2. The molecule has 4 rings (SSSR count). The second kappa shape index (κ2) is 7.37. The first kappa shape index (κ1) is 18.7. The van der Waals surface area contributed by atoms with Gasteiger partial charge in [0.1, 0.15) is 4.70 Å². The molecule has 0 amide bonds. The van der Waals surface area contributed by atoms with Crippen LogP contribution in [0, 0.1) is 6.92 Å². The minimum absolute atomic E-state index is 0.0743. The normalized spacial score (nSPS) is 12.6. The van der Waals surface area contributed by atoms with Gasteiger partial charge in [-0.1, -0.05) is 31.2 Å². The minimum Gasteiger partial charge on any atom is -0.481 e. The maximum Gasteiger partial charge on any atom is 0.266 e. The minimum atomic E-state index is -0.0743. The number of aryl methyl sites for hydroxylation is 1. The Hall–Kier alpha value is -2.70. The number of methoxy groups -OCH3 is 1. The number of thiophene rings is 1. The number of nitrogens with zero attached hydrogens (tertiary/aromatic N) is 1. The van der Waals surface area contributed by atoms with Gasteiger partial charge in [-0.2, -0.15) is 0 Å². The summed E-state index contributed by atoms with van der Waals surface area (Å²) in [6.45, 7) is 5.02. The number of ether oxygens (including phenoxy) is 1. The molecule has 0 radical (unpaired) electrons. The summed E-state index contributed by atoms with van der Waals surface area (Å²) >= 11 is 1.45. The number of rotatable bonds is 5. The molecule has 0 spiro atoms. The summed E-state index contributed by atoms with van der Waals surface area (Å²) in [5.74, 6) is 0.995. The Morgan fingerprint density at radius 3 is 2.68 bits per heavy atom. The van der Waals surface area contributed by atoms with Crippen molar-refractivity contribution >= 4 is 32.3 Å². The zero-order valence-electron chi connectivity index (χ0n) is 16.4. The highest BCUT2D eigenvalue weighted by atomic mass is 32.1.